The highest BCUT2D eigenvalue weighted by atomic mass is 127. The van der Waals surface area contributed by atoms with Gasteiger partial charge in [-0.2, -0.15) is 0 Å². The molecule has 0 amide bonds. The minimum absolute atomic E-state index is 0. The fourth-order valence-corrected chi connectivity index (χ4v) is 3.00. The molecule has 30 heavy (non-hydrogen) atoms. The lowest BCUT2D eigenvalue weighted by molar-refractivity contribution is 0.323. The van der Waals surface area contributed by atoms with Crippen LogP contribution in [-0.4, -0.2) is 52.4 Å². The van der Waals surface area contributed by atoms with E-state index in [-0.39, 0.29) is 24.0 Å². The van der Waals surface area contributed by atoms with Gasteiger partial charge in [-0.25, -0.2) is 4.98 Å². The van der Waals surface area contributed by atoms with Crippen molar-refractivity contribution >= 4 is 59.0 Å². The van der Waals surface area contributed by atoms with Crippen LogP contribution in [0.3, 0.4) is 0 Å². The Balaban J connectivity index is 0.00000450. The second-order valence-electron chi connectivity index (χ2n) is 5.80. The number of hydrogen-bond acceptors (Lipinski definition) is 6. The van der Waals surface area contributed by atoms with Gasteiger partial charge in [0.05, 0.1) is 31.4 Å². The molecular formula is C19H26Cl2IN5O3. The van der Waals surface area contributed by atoms with Gasteiger partial charge in [-0.1, -0.05) is 23.2 Å². The molecule has 0 saturated carbocycles. The number of pyridine rings is 1. The third kappa shape index (κ3) is 7.44. The van der Waals surface area contributed by atoms with Crippen molar-refractivity contribution in [1.82, 2.24) is 15.6 Å². The monoisotopic (exact) mass is 569 g/mol. The van der Waals surface area contributed by atoms with Crippen LogP contribution in [-0.2, 0) is 6.54 Å². The number of nitrogens with one attached hydrogen (secondary N) is 3. The maximum absolute atomic E-state index is 6.09. The summed E-state index contributed by atoms with van der Waals surface area (Å²) in [6, 6.07) is 5.42. The van der Waals surface area contributed by atoms with Crippen molar-refractivity contribution < 1.29 is 14.2 Å². The van der Waals surface area contributed by atoms with Gasteiger partial charge in [0, 0.05) is 32.9 Å². The Hall–Kier alpha value is -1.85. The number of aromatic nitrogens is 1. The Kier molecular flexibility index (Phi) is 11.7. The SMILES string of the molecule is CN=C(NCCNc1ncc(Cl)cc1Cl)NCc1cc(OC)c(OC)c(OC)c1.I. The minimum atomic E-state index is 0. The number of hydrogen-bond donors (Lipinski definition) is 3. The van der Waals surface area contributed by atoms with E-state index in [1.54, 1.807) is 40.6 Å². The molecule has 0 unspecified atom stereocenters. The summed E-state index contributed by atoms with van der Waals surface area (Å²) in [5.74, 6) is 2.99. The lowest BCUT2D eigenvalue weighted by Crippen LogP contribution is -2.39. The van der Waals surface area contributed by atoms with E-state index >= 15 is 0 Å². The lowest BCUT2D eigenvalue weighted by atomic mass is 10.2. The van der Waals surface area contributed by atoms with Crippen molar-refractivity contribution in [2.75, 3.05) is 46.8 Å². The molecule has 0 saturated heterocycles. The van der Waals surface area contributed by atoms with Gasteiger partial charge in [0.15, 0.2) is 17.5 Å². The van der Waals surface area contributed by atoms with E-state index in [0.717, 1.165) is 5.56 Å². The van der Waals surface area contributed by atoms with Crippen LogP contribution in [0.1, 0.15) is 5.56 Å². The van der Waals surface area contributed by atoms with Crippen LogP contribution in [0.4, 0.5) is 5.82 Å². The maximum Gasteiger partial charge on any atom is 0.203 e. The average molecular weight is 570 g/mol. The first-order valence-corrected chi connectivity index (χ1v) is 9.56. The summed E-state index contributed by atoms with van der Waals surface area (Å²) in [6.45, 7) is 1.73. The number of anilines is 1. The summed E-state index contributed by atoms with van der Waals surface area (Å²) in [7, 11) is 6.45. The standard InChI is InChI=1S/C19H25Cl2N5O3.HI/c1-22-19(24-6-5-23-18-14(21)9-13(20)11-25-18)26-10-12-7-15(27-2)17(29-4)16(8-12)28-3;/h7-9,11H,5-6,10H2,1-4H3,(H,23,25)(H2,22,24,26);1H. The average Bonchev–Trinajstić information content (AvgIpc) is 2.73. The molecular weight excluding hydrogens is 544 g/mol. The minimum Gasteiger partial charge on any atom is -0.493 e. The van der Waals surface area contributed by atoms with Gasteiger partial charge in [0.25, 0.3) is 0 Å². The number of rotatable bonds is 9. The fraction of sp³-hybridized carbons (Fsp3) is 0.368. The van der Waals surface area contributed by atoms with E-state index in [4.69, 9.17) is 37.4 Å². The summed E-state index contributed by atoms with van der Waals surface area (Å²) in [4.78, 5) is 8.37. The highest BCUT2D eigenvalue weighted by Gasteiger charge is 2.13. The Morgan fingerprint density at radius 2 is 1.67 bits per heavy atom. The molecule has 3 N–H and O–H groups in total. The fourth-order valence-electron chi connectivity index (χ4n) is 2.55. The third-order valence-corrected chi connectivity index (χ3v) is 4.42. The van der Waals surface area contributed by atoms with E-state index in [9.17, 15) is 0 Å². The van der Waals surface area contributed by atoms with Crippen molar-refractivity contribution in [2.45, 2.75) is 6.54 Å². The highest BCUT2D eigenvalue weighted by molar-refractivity contribution is 14.0. The Morgan fingerprint density at radius 1 is 1.00 bits per heavy atom. The van der Waals surface area contributed by atoms with E-state index < -0.39 is 0 Å². The number of ether oxygens (including phenoxy) is 3. The van der Waals surface area contributed by atoms with Gasteiger partial charge in [0.1, 0.15) is 5.82 Å². The molecule has 1 aromatic carbocycles. The van der Waals surface area contributed by atoms with Crippen LogP contribution in [0.2, 0.25) is 10.0 Å². The molecule has 1 heterocycles. The molecule has 2 aromatic rings. The topological polar surface area (TPSA) is 89.0 Å². The number of methoxy groups -OCH3 is 3. The number of nitrogens with zero attached hydrogens (tertiary/aromatic N) is 2. The molecule has 8 nitrogen and oxygen atoms in total. The van der Waals surface area contributed by atoms with Crippen LogP contribution in [0.15, 0.2) is 29.4 Å². The predicted octanol–water partition coefficient (Wildman–Crippen LogP) is 3.81. The van der Waals surface area contributed by atoms with Gasteiger partial charge >= 0.3 is 0 Å². The maximum atomic E-state index is 6.09. The summed E-state index contributed by atoms with van der Waals surface area (Å²) in [5.41, 5.74) is 0.956. The second kappa shape index (κ2) is 13.5. The van der Waals surface area contributed by atoms with E-state index in [2.05, 4.69) is 25.9 Å². The van der Waals surface area contributed by atoms with Crippen molar-refractivity contribution in [3.05, 3.63) is 40.0 Å². The number of benzene rings is 1. The van der Waals surface area contributed by atoms with Crippen LogP contribution in [0, 0.1) is 0 Å². The third-order valence-electron chi connectivity index (χ3n) is 3.93. The molecule has 0 aliphatic carbocycles. The van der Waals surface area contributed by atoms with Gasteiger partial charge in [-0.3, -0.25) is 4.99 Å². The molecule has 0 bridgehead atoms. The zero-order chi connectivity index (χ0) is 21.2. The number of aliphatic imine (C=N–C) groups is 1. The van der Waals surface area contributed by atoms with Crippen LogP contribution >= 0.6 is 47.2 Å². The summed E-state index contributed by atoms with van der Waals surface area (Å²) in [5, 5.41) is 10.6. The van der Waals surface area contributed by atoms with Crippen LogP contribution in [0.5, 0.6) is 17.2 Å². The Bertz CT molecular complexity index is 830. The molecule has 0 aliphatic heterocycles. The van der Waals surface area contributed by atoms with Crippen molar-refractivity contribution in [3.8, 4) is 17.2 Å². The molecule has 0 aliphatic rings. The van der Waals surface area contributed by atoms with Crippen molar-refractivity contribution in [3.63, 3.8) is 0 Å². The molecule has 0 fully saturated rings. The first-order chi connectivity index (χ1) is 14.0. The summed E-state index contributed by atoms with van der Waals surface area (Å²) >= 11 is 11.9. The molecule has 2 rings (SSSR count). The molecule has 0 atom stereocenters. The predicted molar refractivity (Wildman–Crippen MR) is 132 cm³/mol. The summed E-state index contributed by atoms with van der Waals surface area (Å²) < 4.78 is 16.1. The molecule has 11 heteroatoms. The second-order valence-corrected chi connectivity index (χ2v) is 6.64. The van der Waals surface area contributed by atoms with Gasteiger partial charge in [0.2, 0.25) is 5.75 Å². The van der Waals surface area contributed by atoms with Crippen LogP contribution < -0.4 is 30.2 Å². The van der Waals surface area contributed by atoms with Crippen molar-refractivity contribution in [2.24, 2.45) is 4.99 Å². The van der Waals surface area contributed by atoms with Gasteiger partial charge < -0.3 is 30.2 Å². The Morgan fingerprint density at radius 3 is 2.20 bits per heavy atom. The number of guanidine groups is 1. The lowest BCUT2D eigenvalue weighted by Gasteiger charge is -2.16. The first-order valence-electron chi connectivity index (χ1n) is 8.80. The van der Waals surface area contributed by atoms with Crippen molar-refractivity contribution in [1.29, 1.82) is 0 Å². The molecule has 0 radical (unpaired) electrons. The quantitative estimate of drug-likeness (QED) is 0.183. The Labute approximate surface area is 203 Å². The van der Waals surface area contributed by atoms with E-state index in [1.165, 1.54) is 0 Å². The molecule has 166 valence electrons. The number of halogens is 3. The highest BCUT2D eigenvalue weighted by Crippen LogP contribution is 2.38. The largest absolute Gasteiger partial charge is 0.493 e. The normalized spacial score (nSPS) is 10.7. The first kappa shape index (κ1) is 26.2. The van der Waals surface area contributed by atoms with Crippen LogP contribution in [0.25, 0.3) is 0 Å². The van der Waals surface area contributed by atoms with E-state index in [0.29, 0.717) is 58.7 Å². The molecule has 0 spiro atoms. The molecule has 1 aromatic heterocycles. The van der Waals surface area contributed by atoms with E-state index in [1.807, 2.05) is 12.1 Å². The summed E-state index contributed by atoms with van der Waals surface area (Å²) in [6.07, 6.45) is 1.54. The van der Waals surface area contributed by atoms with Gasteiger partial charge in [-0.15, -0.1) is 24.0 Å². The zero-order valence-electron chi connectivity index (χ0n) is 17.2. The van der Waals surface area contributed by atoms with Gasteiger partial charge in [-0.05, 0) is 23.8 Å². The zero-order valence-corrected chi connectivity index (χ0v) is 21.1. The smallest absolute Gasteiger partial charge is 0.203 e.